The number of hydrogen-bond acceptors (Lipinski definition) is 3. The molecule has 1 rings (SSSR count). The van der Waals surface area contributed by atoms with Crippen LogP contribution in [0, 0.1) is 11.7 Å². The molecule has 1 aromatic rings. The minimum atomic E-state index is -3.75. The number of nitrogens with two attached hydrogens (primary N) is 1. The third kappa shape index (κ3) is 4.41. The number of hydrogen-bond donors (Lipinski definition) is 1. The minimum absolute atomic E-state index is 0.0517. The van der Waals surface area contributed by atoms with E-state index in [1.54, 1.807) is 0 Å². The lowest BCUT2D eigenvalue weighted by atomic mass is 10.0. The van der Waals surface area contributed by atoms with Gasteiger partial charge in [0, 0.05) is 24.7 Å². The van der Waals surface area contributed by atoms with Crippen LogP contribution in [0.25, 0.3) is 0 Å². The molecule has 1 aromatic carbocycles. The Morgan fingerprint density at radius 1 is 1.35 bits per heavy atom. The maximum absolute atomic E-state index is 13.3. The van der Waals surface area contributed by atoms with Crippen molar-refractivity contribution in [3.05, 3.63) is 29.0 Å². The first kappa shape index (κ1) is 17.4. The van der Waals surface area contributed by atoms with E-state index in [0.717, 1.165) is 12.1 Å². The zero-order valence-electron chi connectivity index (χ0n) is 11.8. The maximum atomic E-state index is 13.3. The average molecular weight is 323 g/mol. The number of halogens is 2. The molecule has 0 aliphatic heterocycles. The number of rotatable bonds is 6. The predicted octanol–water partition coefficient (Wildman–Crippen LogP) is 2.47. The van der Waals surface area contributed by atoms with E-state index >= 15 is 0 Å². The quantitative estimate of drug-likeness (QED) is 0.875. The molecular weight excluding hydrogens is 303 g/mol. The van der Waals surface area contributed by atoms with Crippen molar-refractivity contribution in [2.75, 3.05) is 13.6 Å². The molecule has 0 aliphatic carbocycles. The van der Waals surface area contributed by atoms with E-state index in [2.05, 4.69) is 0 Å². The van der Waals surface area contributed by atoms with Gasteiger partial charge in [0.2, 0.25) is 10.0 Å². The molecule has 0 heterocycles. The summed E-state index contributed by atoms with van der Waals surface area (Å²) in [6, 6.07) is 3.18. The van der Waals surface area contributed by atoms with Crippen LogP contribution in [0.2, 0.25) is 5.02 Å². The van der Waals surface area contributed by atoms with Gasteiger partial charge in [0.25, 0.3) is 0 Å². The Bertz CT molecular complexity index is 543. The summed E-state index contributed by atoms with van der Waals surface area (Å²) >= 11 is 5.69. The second-order valence-electron chi connectivity index (χ2n) is 5.13. The third-order valence-corrected chi connectivity index (χ3v) is 5.23. The molecule has 4 nitrogen and oxygen atoms in total. The summed E-state index contributed by atoms with van der Waals surface area (Å²) < 4.78 is 39.0. The van der Waals surface area contributed by atoms with Crippen LogP contribution >= 0.6 is 11.6 Å². The van der Waals surface area contributed by atoms with E-state index in [0.29, 0.717) is 6.42 Å². The fraction of sp³-hybridized carbons (Fsp3) is 0.538. The van der Waals surface area contributed by atoms with Crippen LogP contribution in [0.1, 0.15) is 20.3 Å². The minimum Gasteiger partial charge on any atom is -0.327 e. The molecule has 2 N–H and O–H groups in total. The molecular formula is C13H20ClFN2O2S. The zero-order valence-corrected chi connectivity index (χ0v) is 13.4. The highest BCUT2D eigenvalue weighted by Crippen LogP contribution is 2.21. The predicted molar refractivity (Wildman–Crippen MR) is 78.7 cm³/mol. The first-order valence-corrected chi connectivity index (χ1v) is 8.14. The Kier molecular flexibility index (Phi) is 5.94. The molecule has 0 saturated carbocycles. The van der Waals surface area contributed by atoms with Gasteiger partial charge in [-0.05, 0) is 30.5 Å². The number of sulfonamides is 1. The maximum Gasteiger partial charge on any atom is 0.242 e. The molecule has 0 spiro atoms. The van der Waals surface area contributed by atoms with Gasteiger partial charge in [-0.15, -0.1) is 0 Å². The average Bonchev–Trinajstić information content (AvgIpc) is 2.33. The van der Waals surface area contributed by atoms with Crippen LogP contribution in [0.15, 0.2) is 23.1 Å². The van der Waals surface area contributed by atoms with Gasteiger partial charge < -0.3 is 5.73 Å². The van der Waals surface area contributed by atoms with Crippen molar-refractivity contribution in [1.82, 2.24) is 4.31 Å². The highest BCUT2D eigenvalue weighted by molar-refractivity contribution is 7.89. The topological polar surface area (TPSA) is 63.4 Å². The van der Waals surface area contributed by atoms with Crippen molar-refractivity contribution in [2.45, 2.75) is 31.2 Å². The second kappa shape index (κ2) is 6.85. The monoisotopic (exact) mass is 322 g/mol. The van der Waals surface area contributed by atoms with Crippen molar-refractivity contribution in [1.29, 1.82) is 0 Å². The van der Waals surface area contributed by atoms with E-state index < -0.39 is 15.8 Å². The summed E-state index contributed by atoms with van der Waals surface area (Å²) in [5, 5.41) is 0.0517. The molecule has 1 atom stereocenters. The fourth-order valence-corrected chi connectivity index (χ4v) is 3.17. The number of benzene rings is 1. The summed E-state index contributed by atoms with van der Waals surface area (Å²) in [4.78, 5) is -0.150. The van der Waals surface area contributed by atoms with Crippen LogP contribution in [0.3, 0.4) is 0 Å². The first-order chi connectivity index (χ1) is 9.14. The van der Waals surface area contributed by atoms with Crippen LogP contribution in [-0.2, 0) is 10.0 Å². The van der Waals surface area contributed by atoms with Gasteiger partial charge in [-0.2, -0.15) is 0 Å². The summed E-state index contributed by atoms with van der Waals surface area (Å²) in [7, 11) is -2.31. The molecule has 0 amide bonds. The molecule has 0 saturated heterocycles. The van der Waals surface area contributed by atoms with Crippen LogP contribution in [-0.4, -0.2) is 32.4 Å². The lowest BCUT2D eigenvalue weighted by molar-refractivity contribution is 0.397. The van der Waals surface area contributed by atoms with Gasteiger partial charge in [0.15, 0.2) is 0 Å². The summed E-state index contributed by atoms with van der Waals surface area (Å²) in [6.07, 6.45) is 0.538. The number of nitrogens with zero attached hydrogens (tertiary/aromatic N) is 1. The van der Waals surface area contributed by atoms with E-state index in [1.807, 2.05) is 13.8 Å². The Morgan fingerprint density at radius 2 is 1.95 bits per heavy atom. The van der Waals surface area contributed by atoms with Crippen LogP contribution in [0.4, 0.5) is 4.39 Å². The van der Waals surface area contributed by atoms with Gasteiger partial charge >= 0.3 is 0 Å². The third-order valence-electron chi connectivity index (χ3n) is 3.18. The molecule has 0 bridgehead atoms. The molecule has 1 unspecified atom stereocenters. The van der Waals surface area contributed by atoms with Gasteiger partial charge in [0.05, 0.1) is 4.90 Å². The van der Waals surface area contributed by atoms with Gasteiger partial charge in [-0.3, -0.25) is 0 Å². The largest absolute Gasteiger partial charge is 0.327 e. The molecule has 0 aromatic heterocycles. The molecule has 0 aliphatic rings. The Morgan fingerprint density at radius 3 is 2.45 bits per heavy atom. The van der Waals surface area contributed by atoms with Gasteiger partial charge in [-0.1, -0.05) is 25.4 Å². The van der Waals surface area contributed by atoms with Gasteiger partial charge in [0.1, 0.15) is 5.82 Å². The summed E-state index contributed by atoms with van der Waals surface area (Å²) in [5.74, 6) is -0.405. The SMILES string of the molecule is CC(C)C(N)CCN(C)S(=O)(=O)c1cc(F)cc(Cl)c1. The van der Waals surface area contributed by atoms with E-state index in [4.69, 9.17) is 17.3 Å². The van der Waals surface area contributed by atoms with Gasteiger partial charge in [-0.25, -0.2) is 17.1 Å². The standard InChI is InChI=1S/C13H20ClFN2O2S/c1-9(2)13(16)4-5-17(3)20(18,19)12-7-10(14)6-11(15)8-12/h6-9,13H,4-5,16H2,1-3H3. The molecule has 0 fully saturated rings. The van der Waals surface area contributed by atoms with Crippen LogP contribution < -0.4 is 5.73 Å². The Hall–Kier alpha value is -0.690. The van der Waals surface area contributed by atoms with E-state index in [-0.39, 0.29) is 28.4 Å². The molecule has 114 valence electrons. The Labute approximate surface area is 124 Å². The molecule has 0 radical (unpaired) electrons. The summed E-state index contributed by atoms with van der Waals surface area (Å²) in [5.41, 5.74) is 5.89. The highest BCUT2D eigenvalue weighted by atomic mass is 35.5. The smallest absolute Gasteiger partial charge is 0.242 e. The van der Waals surface area contributed by atoms with E-state index in [1.165, 1.54) is 17.4 Å². The zero-order chi connectivity index (χ0) is 15.5. The van der Waals surface area contributed by atoms with Crippen molar-refractivity contribution in [3.8, 4) is 0 Å². The van der Waals surface area contributed by atoms with E-state index in [9.17, 15) is 12.8 Å². The lowest BCUT2D eigenvalue weighted by Gasteiger charge is -2.21. The summed E-state index contributed by atoms with van der Waals surface area (Å²) in [6.45, 7) is 4.23. The van der Waals surface area contributed by atoms with Crippen molar-refractivity contribution >= 4 is 21.6 Å². The van der Waals surface area contributed by atoms with Crippen molar-refractivity contribution in [3.63, 3.8) is 0 Å². The van der Waals surface area contributed by atoms with Crippen molar-refractivity contribution in [2.24, 2.45) is 11.7 Å². The lowest BCUT2D eigenvalue weighted by Crippen LogP contribution is -2.34. The first-order valence-electron chi connectivity index (χ1n) is 6.32. The fourth-order valence-electron chi connectivity index (χ4n) is 1.64. The highest BCUT2D eigenvalue weighted by Gasteiger charge is 2.22. The van der Waals surface area contributed by atoms with Crippen molar-refractivity contribution < 1.29 is 12.8 Å². The van der Waals surface area contributed by atoms with Crippen LogP contribution in [0.5, 0.6) is 0 Å². The Balaban J connectivity index is 2.87. The molecule has 20 heavy (non-hydrogen) atoms. The second-order valence-corrected chi connectivity index (χ2v) is 7.61. The molecule has 7 heteroatoms. The normalized spacial score (nSPS) is 14.0.